The first kappa shape index (κ1) is 12.1. The highest BCUT2D eigenvalue weighted by Crippen LogP contribution is 2.28. The topological polar surface area (TPSA) is 24.9 Å². The molecule has 1 saturated carbocycles. The lowest BCUT2D eigenvalue weighted by Crippen LogP contribution is -2.44. The van der Waals surface area contributed by atoms with Crippen molar-refractivity contribution in [3.63, 3.8) is 0 Å². The first-order valence-corrected chi connectivity index (χ1v) is 7.10. The van der Waals surface area contributed by atoms with Crippen LogP contribution in [0.25, 0.3) is 0 Å². The molecule has 0 spiro atoms. The number of thiazole rings is 1. The maximum absolute atomic E-state index is 4.51. The van der Waals surface area contributed by atoms with E-state index in [9.17, 15) is 0 Å². The van der Waals surface area contributed by atoms with Gasteiger partial charge >= 0.3 is 0 Å². The van der Waals surface area contributed by atoms with Gasteiger partial charge in [-0.05, 0) is 33.6 Å². The van der Waals surface area contributed by atoms with Gasteiger partial charge in [0.1, 0.15) is 5.01 Å². The molecule has 0 aromatic carbocycles. The van der Waals surface area contributed by atoms with Gasteiger partial charge in [0.05, 0.1) is 5.54 Å². The van der Waals surface area contributed by atoms with Crippen molar-refractivity contribution >= 4 is 11.3 Å². The lowest BCUT2D eigenvalue weighted by atomic mass is 9.93. The van der Waals surface area contributed by atoms with Crippen LogP contribution in [0.4, 0.5) is 0 Å². The summed E-state index contributed by atoms with van der Waals surface area (Å²) in [4.78, 5) is 5.81. The molecule has 1 aliphatic rings. The van der Waals surface area contributed by atoms with E-state index in [0.717, 1.165) is 0 Å². The van der Waals surface area contributed by atoms with E-state index in [2.05, 4.69) is 31.1 Å². The standard InChI is InChI=1S/C13H22N2S/c1-10-9-14-12(16-10)13(2,3)15-11-7-5-4-6-8-11/h9,11,15H,4-8H2,1-3H3. The minimum Gasteiger partial charge on any atom is -0.303 e. The summed E-state index contributed by atoms with van der Waals surface area (Å²) >= 11 is 1.81. The average molecular weight is 238 g/mol. The van der Waals surface area contributed by atoms with Crippen LogP contribution in [0.5, 0.6) is 0 Å². The molecule has 0 saturated heterocycles. The van der Waals surface area contributed by atoms with Crippen molar-refractivity contribution in [2.24, 2.45) is 0 Å². The Morgan fingerprint density at radius 3 is 2.56 bits per heavy atom. The van der Waals surface area contributed by atoms with Crippen molar-refractivity contribution < 1.29 is 0 Å². The first-order chi connectivity index (χ1) is 7.58. The van der Waals surface area contributed by atoms with E-state index in [1.165, 1.54) is 42.0 Å². The molecule has 1 aliphatic carbocycles. The summed E-state index contributed by atoms with van der Waals surface area (Å²) in [6.45, 7) is 6.62. The van der Waals surface area contributed by atoms with Gasteiger partial charge in [-0.2, -0.15) is 0 Å². The molecule has 0 unspecified atom stereocenters. The minimum atomic E-state index is 0.0287. The fraction of sp³-hybridized carbons (Fsp3) is 0.769. The van der Waals surface area contributed by atoms with Crippen LogP contribution in [0.15, 0.2) is 6.20 Å². The van der Waals surface area contributed by atoms with Gasteiger partial charge in [-0.15, -0.1) is 11.3 Å². The molecule has 16 heavy (non-hydrogen) atoms. The third-order valence-electron chi connectivity index (χ3n) is 3.33. The summed E-state index contributed by atoms with van der Waals surface area (Å²) in [6.07, 6.45) is 8.80. The zero-order valence-electron chi connectivity index (χ0n) is 10.5. The second kappa shape index (κ2) is 4.84. The molecule has 2 nitrogen and oxygen atoms in total. The van der Waals surface area contributed by atoms with E-state index in [0.29, 0.717) is 6.04 Å². The van der Waals surface area contributed by atoms with Gasteiger partial charge in [0.2, 0.25) is 0 Å². The van der Waals surface area contributed by atoms with E-state index in [4.69, 9.17) is 0 Å². The molecule has 2 rings (SSSR count). The normalized spacial score (nSPS) is 18.9. The van der Waals surface area contributed by atoms with Crippen LogP contribution in [-0.2, 0) is 5.54 Å². The second-order valence-electron chi connectivity index (χ2n) is 5.38. The first-order valence-electron chi connectivity index (χ1n) is 6.28. The fourth-order valence-corrected chi connectivity index (χ4v) is 3.29. The zero-order valence-corrected chi connectivity index (χ0v) is 11.4. The van der Waals surface area contributed by atoms with Crippen molar-refractivity contribution in [2.75, 3.05) is 0 Å². The molecule has 0 bridgehead atoms. The van der Waals surface area contributed by atoms with Gasteiger partial charge in [-0.25, -0.2) is 4.98 Å². The van der Waals surface area contributed by atoms with Crippen LogP contribution in [0.2, 0.25) is 0 Å². The predicted molar refractivity (Wildman–Crippen MR) is 69.9 cm³/mol. The quantitative estimate of drug-likeness (QED) is 0.870. The van der Waals surface area contributed by atoms with Crippen molar-refractivity contribution in [1.82, 2.24) is 10.3 Å². The molecular weight excluding hydrogens is 216 g/mol. The van der Waals surface area contributed by atoms with Gasteiger partial charge in [-0.1, -0.05) is 19.3 Å². The molecule has 0 amide bonds. The number of hydrogen-bond donors (Lipinski definition) is 1. The highest BCUT2D eigenvalue weighted by molar-refractivity contribution is 7.11. The summed E-state index contributed by atoms with van der Waals surface area (Å²) in [6, 6.07) is 0.688. The molecule has 0 radical (unpaired) electrons. The largest absolute Gasteiger partial charge is 0.303 e. The zero-order chi connectivity index (χ0) is 11.6. The minimum absolute atomic E-state index is 0.0287. The summed E-state index contributed by atoms with van der Waals surface area (Å²) < 4.78 is 0. The van der Waals surface area contributed by atoms with Crippen molar-refractivity contribution in [1.29, 1.82) is 0 Å². The van der Waals surface area contributed by atoms with Gasteiger partial charge in [0, 0.05) is 17.1 Å². The Bertz CT molecular complexity index is 337. The maximum Gasteiger partial charge on any atom is 0.112 e. The Labute approximate surface area is 102 Å². The van der Waals surface area contributed by atoms with Crippen LogP contribution in [0, 0.1) is 6.92 Å². The van der Waals surface area contributed by atoms with E-state index >= 15 is 0 Å². The van der Waals surface area contributed by atoms with Crippen LogP contribution >= 0.6 is 11.3 Å². The molecule has 1 heterocycles. The lowest BCUT2D eigenvalue weighted by molar-refractivity contribution is 0.282. The van der Waals surface area contributed by atoms with E-state index in [1.54, 1.807) is 0 Å². The fourth-order valence-electron chi connectivity index (χ4n) is 2.46. The summed E-state index contributed by atoms with van der Waals surface area (Å²) in [5, 5.41) is 4.99. The lowest BCUT2D eigenvalue weighted by Gasteiger charge is -2.32. The number of aromatic nitrogens is 1. The molecule has 1 N–H and O–H groups in total. The molecule has 3 heteroatoms. The van der Waals surface area contributed by atoms with Gasteiger partial charge < -0.3 is 5.32 Å². The number of rotatable bonds is 3. The average Bonchev–Trinajstić information content (AvgIpc) is 2.66. The second-order valence-corrected chi connectivity index (χ2v) is 6.62. The third kappa shape index (κ3) is 2.83. The maximum atomic E-state index is 4.51. The Kier molecular flexibility index (Phi) is 3.65. The highest BCUT2D eigenvalue weighted by atomic mass is 32.1. The summed E-state index contributed by atoms with van der Waals surface area (Å²) in [5.74, 6) is 0. The molecule has 1 aromatic rings. The summed E-state index contributed by atoms with van der Waals surface area (Å²) in [5.41, 5.74) is 0.0287. The van der Waals surface area contributed by atoms with Crippen LogP contribution in [0.3, 0.4) is 0 Å². The molecule has 1 aromatic heterocycles. The van der Waals surface area contributed by atoms with E-state index in [1.807, 2.05) is 17.5 Å². The SMILES string of the molecule is Cc1cnc(C(C)(C)NC2CCCCC2)s1. The Morgan fingerprint density at radius 2 is 2.00 bits per heavy atom. The monoisotopic (exact) mass is 238 g/mol. The molecule has 1 fully saturated rings. The predicted octanol–water partition coefficient (Wildman–Crippen LogP) is 3.61. The molecular formula is C13H22N2S. The van der Waals surface area contributed by atoms with Crippen molar-refractivity contribution in [3.8, 4) is 0 Å². The molecule has 0 atom stereocenters. The van der Waals surface area contributed by atoms with E-state index < -0.39 is 0 Å². The Morgan fingerprint density at radius 1 is 1.31 bits per heavy atom. The number of nitrogens with zero attached hydrogens (tertiary/aromatic N) is 1. The van der Waals surface area contributed by atoms with E-state index in [-0.39, 0.29) is 5.54 Å². The number of aryl methyl sites for hydroxylation is 1. The number of hydrogen-bond acceptors (Lipinski definition) is 3. The van der Waals surface area contributed by atoms with Gasteiger partial charge in [0.25, 0.3) is 0 Å². The van der Waals surface area contributed by atoms with Crippen molar-refractivity contribution in [3.05, 3.63) is 16.1 Å². The smallest absolute Gasteiger partial charge is 0.112 e. The molecule has 0 aliphatic heterocycles. The van der Waals surface area contributed by atoms with Gasteiger partial charge in [-0.3, -0.25) is 0 Å². The number of nitrogens with one attached hydrogen (secondary N) is 1. The summed E-state index contributed by atoms with van der Waals surface area (Å²) in [7, 11) is 0. The Balaban J connectivity index is 2.01. The van der Waals surface area contributed by atoms with Crippen molar-refractivity contribution in [2.45, 2.75) is 64.5 Å². The van der Waals surface area contributed by atoms with Crippen LogP contribution in [0.1, 0.15) is 55.8 Å². The Hall–Kier alpha value is -0.410. The van der Waals surface area contributed by atoms with Crippen LogP contribution < -0.4 is 5.32 Å². The highest BCUT2D eigenvalue weighted by Gasteiger charge is 2.27. The molecule has 90 valence electrons. The van der Waals surface area contributed by atoms with Gasteiger partial charge in [0.15, 0.2) is 0 Å². The third-order valence-corrected chi connectivity index (χ3v) is 4.56. The van der Waals surface area contributed by atoms with Crippen LogP contribution in [-0.4, -0.2) is 11.0 Å².